The van der Waals surface area contributed by atoms with E-state index in [0.29, 0.717) is 16.5 Å². The van der Waals surface area contributed by atoms with E-state index >= 15 is 0 Å². The molecular formula is C12H16BrClO2. The van der Waals surface area contributed by atoms with Crippen molar-refractivity contribution in [2.24, 2.45) is 0 Å². The highest BCUT2D eigenvalue weighted by molar-refractivity contribution is 9.09. The van der Waals surface area contributed by atoms with Gasteiger partial charge in [-0.2, -0.15) is 0 Å². The monoisotopic (exact) mass is 306 g/mol. The molecule has 1 aromatic rings. The Balaban J connectivity index is 3.10. The molecule has 2 nitrogen and oxygen atoms in total. The predicted molar refractivity (Wildman–Crippen MR) is 71.1 cm³/mol. The molecule has 0 aliphatic carbocycles. The maximum atomic E-state index is 6.20. The average Bonchev–Trinajstić information content (AvgIpc) is 2.28. The summed E-state index contributed by atoms with van der Waals surface area (Å²) in [5, 5.41) is 0.702. The number of halogens is 2. The lowest BCUT2D eigenvalue weighted by atomic mass is 10.1. The molecule has 1 unspecified atom stereocenters. The maximum Gasteiger partial charge on any atom is 0.162 e. The fraction of sp³-hybridized carbons (Fsp3) is 0.500. The molecule has 0 amide bonds. The first-order valence-electron chi connectivity index (χ1n) is 5.19. The normalized spacial score (nSPS) is 12.3. The number of hydrogen-bond acceptors (Lipinski definition) is 2. The van der Waals surface area contributed by atoms with E-state index in [1.165, 1.54) is 0 Å². The Morgan fingerprint density at radius 1 is 1.25 bits per heavy atom. The van der Waals surface area contributed by atoms with Crippen LogP contribution in [0.1, 0.15) is 30.2 Å². The van der Waals surface area contributed by atoms with E-state index < -0.39 is 0 Å². The second-order valence-corrected chi connectivity index (χ2v) is 5.00. The summed E-state index contributed by atoms with van der Waals surface area (Å²) in [5.74, 6) is 1.37. The van der Waals surface area contributed by atoms with Gasteiger partial charge < -0.3 is 9.47 Å². The standard InChI is InChI=1S/C12H16BrClO2/c1-4-5-9(13)8-6-11(15-2)12(16-3)7-10(8)14/h6-7,9H,4-5H2,1-3H3. The third-order valence-corrected chi connectivity index (χ3v) is 3.66. The second-order valence-electron chi connectivity index (χ2n) is 3.48. The molecule has 0 heterocycles. The summed E-state index contributed by atoms with van der Waals surface area (Å²) in [4.78, 5) is 0.254. The lowest BCUT2D eigenvalue weighted by Crippen LogP contribution is -1.96. The summed E-state index contributed by atoms with van der Waals surface area (Å²) < 4.78 is 10.4. The van der Waals surface area contributed by atoms with Crippen LogP contribution >= 0.6 is 27.5 Å². The zero-order valence-electron chi connectivity index (χ0n) is 9.72. The average molecular weight is 308 g/mol. The number of hydrogen-bond donors (Lipinski definition) is 0. The maximum absolute atomic E-state index is 6.20. The zero-order valence-corrected chi connectivity index (χ0v) is 12.1. The Kier molecular flexibility index (Phi) is 5.42. The highest BCUT2D eigenvalue weighted by atomic mass is 79.9. The molecule has 0 saturated carbocycles. The minimum absolute atomic E-state index is 0.254. The second kappa shape index (κ2) is 6.36. The van der Waals surface area contributed by atoms with Crippen LogP contribution < -0.4 is 9.47 Å². The minimum Gasteiger partial charge on any atom is -0.493 e. The third-order valence-electron chi connectivity index (χ3n) is 2.38. The van der Waals surface area contributed by atoms with Crippen LogP contribution in [-0.4, -0.2) is 14.2 Å². The van der Waals surface area contributed by atoms with Gasteiger partial charge in [-0.15, -0.1) is 0 Å². The van der Waals surface area contributed by atoms with E-state index in [1.54, 1.807) is 20.3 Å². The first kappa shape index (κ1) is 13.7. The Hall–Kier alpha value is -0.410. The lowest BCUT2D eigenvalue weighted by molar-refractivity contribution is 0.354. The van der Waals surface area contributed by atoms with Crippen LogP contribution in [0, 0.1) is 0 Å². The molecule has 0 radical (unpaired) electrons. The van der Waals surface area contributed by atoms with Crippen LogP contribution in [-0.2, 0) is 0 Å². The molecule has 16 heavy (non-hydrogen) atoms. The van der Waals surface area contributed by atoms with Crippen molar-refractivity contribution in [2.45, 2.75) is 24.6 Å². The summed E-state index contributed by atoms with van der Waals surface area (Å²) in [7, 11) is 3.23. The quantitative estimate of drug-likeness (QED) is 0.741. The van der Waals surface area contributed by atoms with Crippen molar-refractivity contribution in [1.29, 1.82) is 0 Å². The van der Waals surface area contributed by atoms with Gasteiger partial charge in [-0.05, 0) is 18.1 Å². The highest BCUT2D eigenvalue weighted by Crippen LogP contribution is 2.40. The van der Waals surface area contributed by atoms with Crippen LogP contribution in [0.2, 0.25) is 5.02 Å². The van der Waals surface area contributed by atoms with Gasteiger partial charge in [-0.1, -0.05) is 40.9 Å². The van der Waals surface area contributed by atoms with Gasteiger partial charge >= 0.3 is 0 Å². The van der Waals surface area contributed by atoms with Gasteiger partial charge in [0.25, 0.3) is 0 Å². The molecule has 0 spiro atoms. The summed E-state index contributed by atoms with van der Waals surface area (Å²) in [6.07, 6.45) is 2.13. The van der Waals surface area contributed by atoms with Crippen molar-refractivity contribution in [1.82, 2.24) is 0 Å². The van der Waals surface area contributed by atoms with E-state index in [1.807, 2.05) is 6.07 Å². The molecule has 1 atom stereocenters. The van der Waals surface area contributed by atoms with Crippen molar-refractivity contribution in [3.05, 3.63) is 22.7 Å². The molecular weight excluding hydrogens is 291 g/mol. The van der Waals surface area contributed by atoms with Crippen LogP contribution in [0.3, 0.4) is 0 Å². The molecule has 1 aromatic carbocycles. The Morgan fingerprint density at radius 2 is 1.81 bits per heavy atom. The van der Waals surface area contributed by atoms with Crippen LogP contribution in [0.15, 0.2) is 12.1 Å². The molecule has 90 valence electrons. The van der Waals surface area contributed by atoms with Crippen molar-refractivity contribution >= 4 is 27.5 Å². The Bertz CT molecular complexity index is 355. The van der Waals surface area contributed by atoms with Crippen LogP contribution in [0.5, 0.6) is 11.5 Å². The number of rotatable bonds is 5. The summed E-state index contributed by atoms with van der Waals surface area (Å²) in [6.45, 7) is 2.14. The molecule has 0 saturated heterocycles. The number of ether oxygens (including phenoxy) is 2. The van der Waals surface area contributed by atoms with Gasteiger partial charge in [0.1, 0.15) is 0 Å². The fourth-order valence-corrected chi connectivity index (χ4v) is 2.77. The fourth-order valence-electron chi connectivity index (χ4n) is 1.52. The number of alkyl halides is 1. The molecule has 0 aromatic heterocycles. The molecule has 0 fully saturated rings. The summed E-state index contributed by atoms with van der Waals surface area (Å²) in [6, 6.07) is 3.72. The smallest absolute Gasteiger partial charge is 0.162 e. The lowest BCUT2D eigenvalue weighted by Gasteiger charge is -2.15. The Morgan fingerprint density at radius 3 is 2.31 bits per heavy atom. The third kappa shape index (κ3) is 3.05. The van der Waals surface area contributed by atoms with E-state index in [2.05, 4.69) is 22.9 Å². The van der Waals surface area contributed by atoms with E-state index in [-0.39, 0.29) is 4.83 Å². The van der Waals surface area contributed by atoms with E-state index in [4.69, 9.17) is 21.1 Å². The number of methoxy groups -OCH3 is 2. The van der Waals surface area contributed by atoms with Crippen molar-refractivity contribution < 1.29 is 9.47 Å². The van der Waals surface area contributed by atoms with Crippen molar-refractivity contribution in [3.8, 4) is 11.5 Å². The van der Waals surface area contributed by atoms with Gasteiger partial charge in [0.05, 0.1) is 14.2 Å². The van der Waals surface area contributed by atoms with Crippen LogP contribution in [0.4, 0.5) is 0 Å². The van der Waals surface area contributed by atoms with Gasteiger partial charge in [-0.3, -0.25) is 0 Å². The SMILES string of the molecule is CCCC(Br)c1cc(OC)c(OC)cc1Cl. The van der Waals surface area contributed by atoms with Gasteiger partial charge in [0.15, 0.2) is 11.5 Å². The molecule has 4 heteroatoms. The van der Waals surface area contributed by atoms with Gasteiger partial charge in [-0.25, -0.2) is 0 Å². The van der Waals surface area contributed by atoms with Crippen molar-refractivity contribution in [2.75, 3.05) is 14.2 Å². The molecule has 0 N–H and O–H groups in total. The highest BCUT2D eigenvalue weighted by Gasteiger charge is 2.15. The molecule has 0 aliphatic heterocycles. The van der Waals surface area contributed by atoms with Crippen molar-refractivity contribution in [3.63, 3.8) is 0 Å². The molecule has 0 aliphatic rings. The predicted octanol–water partition coefficient (Wildman–Crippen LogP) is 4.59. The topological polar surface area (TPSA) is 18.5 Å². The largest absolute Gasteiger partial charge is 0.493 e. The summed E-state index contributed by atoms with van der Waals surface area (Å²) in [5.41, 5.74) is 1.04. The molecule has 1 rings (SSSR count). The van der Waals surface area contributed by atoms with E-state index in [9.17, 15) is 0 Å². The summed E-state index contributed by atoms with van der Waals surface area (Å²) >= 11 is 9.83. The minimum atomic E-state index is 0.254. The first-order chi connectivity index (χ1) is 7.63. The van der Waals surface area contributed by atoms with Crippen LogP contribution in [0.25, 0.3) is 0 Å². The van der Waals surface area contributed by atoms with Gasteiger partial charge in [0, 0.05) is 15.9 Å². The molecule has 0 bridgehead atoms. The Labute approximate surface area is 110 Å². The number of benzene rings is 1. The van der Waals surface area contributed by atoms with E-state index in [0.717, 1.165) is 18.4 Å². The van der Waals surface area contributed by atoms with Gasteiger partial charge in [0.2, 0.25) is 0 Å². The first-order valence-corrected chi connectivity index (χ1v) is 6.48. The zero-order chi connectivity index (χ0) is 12.1.